The summed E-state index contributed by atoms with van der Waals surface area (Å²) in [6.45, 7) is 2.53. The van der Waals surface area contributed by atoms with E-state index in [9.17, 15) is 38.6 Å². The minimum absolute atomic E-state index is 0.0682. The van der Waals surface area contributed by atoms with E-state index >= 15 is 0 Å². The van der Waals surface area contributed by atoms with E-state index in [1.807, 2.05) is 6.92 Å². The molecular formula is C26H43F7O4S. The van der Waals surface area contributed by atoms with E-state index in [2.05, 4.69) is 9.47 Å². The van der Waals surface area contributed by atoms with Crippen LogP contribution in [0.3, 0.4) is 0 Å². The summed E-state index contributed by atoms with van der Waals surface area (Å²) < 4.78 is 126. The van der Waals surface area contributed by atoms with Gasteiger partial charge in [0.1, 0.15) is 6.79 Å². The Kier molecular flexibility index (Phi) is 12.2. The van der Waals surface area contributed by atoms with Gasteiger partial charge in [-0.2, -0.15) is 34.8 Å². The van der Waals surface area contributed by atoms with E-state index < -0.39 is 52.6 Å². The van der Waals surface area contributed by atoms with Crippen LogP contribution in [0.5, 0.6) is 0 Å². The lowest BCUT2D eigenvalue weighted by Crippen LogP contribution is -2.60. The van der Waals surface area contributed by atoms with Crippen molar-refractivity contribution in [2.24, 2.45) is 29.6 Å². The molecule has 0 aliphatic heterocycles. The molecule has 0 amide bonds. The number of halogens is 7. The molecule has 0 saturated heterocycles. The van der Waals surface area contributed by atoms with Crippen LogP contribution < -0.4 is 0 Å². The van der Waals surface area contributed by atoms with Gasteiger partial charge in [-0.15, -0.1) is 3.89 Å². The molecule has 2 rings (SSSR count). The molecule has 2 bridgehead atoms. The van der Waals surface area contributed by atoms with E-state index in [0.29, 0.717) is 31.6 Å². The number of hydrogen-bond acceptors (Lipinski definition) is 4. The van der Waals surface area contributed by atoms with E-state index in [-0.39, 0.29) is 24.2 Å². The van der Waals surface area contributed by atoms with Crippen LogP contribution in [0.25, 0.3) is 0 Å². The molecule has 12 heteroatoms. The van der Waals surface area contributed by atoms with Crippen molar-refractivity contribution in [1.29, 1.82) is 0 Å². The maximum Gasteiger partial charge on any atom is 0.426 e. The van der Waals surface area contributed by atoms with Crippen LogP contribution in [-0.2, 0) is 19.7 Å². The van der Waals surface area contributed by atoms with Gasteiger partial charge in [0.05, 0.1) is 5.25 Å². The number of unbranched alkanes of at least 4 members (excludes halogenated alkanes) is 6. The minimum atomic E-state index is -5.60. The number of ether oxygens (including phenoxy) is 2. The molecule has 38 heavy (non-hydrogen) atoms. The van der Waals surface area contributed by atoms with Gasteiger partial charge >= 0.3 is 22.6 Å². The van der Waals surface area contributed by atoms with Crippen molar-refractivity contribution < 1.29 is 48.1 Å². The monoisotopic (exact) mass is 584 g/mol. The van der Waals surface area contributed by atoms with Gasteiger partial charge in [0.15, 0.2) is 0 Å². The lowest BCUT2D eigenvalue weighted by molar-refractivity contribution is -0.397. The van der Waals surface area contributed by atoms with E-state index in [1.54, 1.807) is 6.92 Å². The standard InChI is InChI=1S/C26H43F7O4S/c1-4-21(38(33,34)35)12-10-8-6-5-7-9-11-13-22-18(2)23-15-19(22)14-20(23)16-24(25(27,28)29,26(30,31)32)37-17-36-3/h18-23H,4-17H2,1-3H3. The second-order valence-corrected chi connectivity index (χ2v) is 12.9. The summed E-state index contributed by atoms with van der Waals surface area (Å²) in [5, 5.41) is -0.915. The van der Waals surface area contributed by atoms with Crippen molar-refractivity contribution in [3.8, 4) is 0 Å². The topological polar surface area (TPSA) is 52.6 Å². The molecule has 4 nitrogen and oxygen atoms in total. The van der Waals surface area contributed by atoms with Crippen LogP contribution >= 0.6 is 0 Å². The summed E-state index contributed by atoms with van der Waals surface area (Å²) in [6, 6.07) is 0. The third-order valence-electron chi connectivity index (χ3n) is 9.05. The van der Waals surface area contributed by atoms with Gasteiger partial charge in [-0.25, -0.2) is 0 Å². The van der Waals surface area contributed by atoms with Crippen LogP contribution in [0.4, 0.5) is 30.2 Å². The molecule has 0 aromatic rings. The molecule has 6 atom stereocenters. The van der Waals surface area contributed by atoms with Crippen molar-refractivity contribution in [2.45, 2.75) is 121 Å². The second kappa shape index (κ2) is 13.8. The molecular weight excluding hydrogens is 541 g/mol. The Morgan fingerprint density at radius 3 is 1.92 bits per heavy atom. The van der Waals surface area contributed by atoms with Crippen molar-refractivity contribution in [3.63, 3.8) is 0 Å². The van der Waals surface area contributed by atoms with Gasteiger partial charge in [0, 0.05) is 7.11 Å². The Morgan fingerprint density at radius 1 is 0.895 bits per heavy atom. The third-order valence-corrected chi connectivity index (χ3v) is 10.4. The summed E-state index contributed by atoms with van der Waals surface area (Å²) in [4.78, 5) is 0. The average Bonchev–Trinajstić information content (AvgIpc) is 3.33. The average molecular weight is 585 g/mol. The predicted molar refractivity (Wildman–Crippen MR) is 130 cm³/mol. The maximum atomic E-state index is 13.8. The first-order valence-corrected chi connectivity index (χ1v) is 15.2. The van der Waals surface area contributed by atoms with Gasteiger partial charge in [-0.05, 0) is 68.1 Å². The molecule has 2 aliphatic carbocycles. The van der Waals surface area contributed by atoms with Crippen molar-refractivity contribution in [2.75, 3.05) is 13.9 Å². The highest BCUT2D eigenvalue weighted by atomic mass is 32.3. The quantitative estimate of drug-likeness (QED) is 0.0746. The molecule has 2 aliphatic rings. The van der Waals surface area contributed by atoms with Crippen LogP contribution in [0.1, 0.15) is 97.3 Å². The molecule has 226 valence electrons. The smallest absolute Gasteiger partial charge is 0.359 e. The summed E-state index contributed by atoms with van der Waals surface area (Å²) in [5.41, 5.74) is -4.22. The summed E-state index contributed by atoms with van der Waals surface area (Å²) in [7, 11) is -3.48. The SMILES string of the molecule is CCC(CCCCCCCCCC1C2CC(CC(OCOC)(C(F)(F)F)C(F)(F)F)C(C2)C1C)S(=O)(=O)F. The molecule has 0 radical (unpaired) electrons. The zero-order valence-electron chi connectivity index (χ0n) is 22.6. The first kappa shape index (κ1) is 33.6. The molecule has 0 heterocycles. The van der Waals surface area contributed by atoms with Crippen molar-refractivity contribution in [1.82, 2.24) is 0 Å². The van der Waals surface area contributed by atoms with E-state index in [4.69, 9.17) is 0 Å². The molecule has 0 N–H and O–H groups in total. The Labute approximate surface area is 222 Å². The van der Waals surface area contributed by atoms with Crippen molar-refractivity contribution in [3.05, 3.63) is 0 Å². The fourth-order valence-corrected chi connectivity index (χ4v) is 7.85. The fraction of sp³-hybridized carbons (Fsp3) is 1.00. The second-order valence-electron chi connectivity index (χ2n) is 11.3. The highest BCUT2D eigenvalue weighted by molar-refractivity contribution is 7.87. The fourth-order valence-electron chi connectivity index (χ4n) is 7.00. The van der Waals surface area contributed by atoms with Gasteiger partial charge in [0.2, 0.25) is 0 Å². The molecule has 2 saturated carbocycles. The van der Waals surface area contributed by atoms with Crippen LogP contribution in [0.15, 0.2) is 0 Å². The van der Waals surface area contributed by atoms with Gasteiger partial charge in [-0.1, -0.05) is 58.8 Å². The Balaban J connectivity index is 1.76. The molecule has 0 aromatic heterocycles. The van der Waals surface area contributed by atoms with Gasteiger partial charge < -0.3 is 9.47 Å². The Morgan fingerprint density at radius 2 is 1.45 bits per heavy atom. The van der Waals surface area contributed by atoms with Crippen LogP contribution in [-0.4, -0.2) is 45.5 Å². The highest BCUT2D eigenvalue weighted by Crippen LogP contribution is 2.61. The molecule has 2 fully saturated rings. The summed E-state index contributed by atoms with van der Waals surface area (Å²) in [6.07, 6.45) is -3.34. The van der Waals surface area contributed by atoms with Crippen molar-refractivity contribution >= 4 is 10.2 Å². The number of hydrogen-bond donors (Lipinski definition) is 0. The van der Waals surface area contributed by atoms with E-state index in [0.717, 1.165) is 52.1 Å². The lowest BCUT2D eigenvalue weighted by Gasteiger charge is -2.42. The zero-order chi connectivity index (χ0) is 28.8. The maximum absolute atomic E-state index is 13.8. The summed E-state index contributed by atoms with van der Waals surface area (Å²) >= 11 is 0. The molecule has 0 aromatic carbocycles. The predicted octanol–water partition coefficient (Wildman–Crippen LogP) is 8.36. The van der Waals surface area contributed by atoms with Crippen LogP contribution in [0, 0.1) is 29.6 Å². The number of methoxy groups -OCH3 is 1. The number of fused-ring (bicyclic) bond motifs is 2. The minimum Gasteiger partial charge on any atom is -0.359 e. The molecule has 6 unspecified atom stereocenters. The van der Waals surface area contributed by atoms with Gasteiger partial charge in [-0.3, -0.25) is 0 Å². The van der Waals surface area contributed by atoms with Crippen LogP contribution in [0.2, 0.25) is 0 Å². The Bertz CT molecular complexity index is 799. The zero-order valence-corrected chi connectivity index (χ0v) is 23.4. The molecule has 0 spiro atoms. The lowest BCUT2D eigenvalue weighted by atomic mass is 9.70. The Hall–Kier alpha value is -0.620. The third kappa shape index (κ3) is 8.21. The first-order valence-electron chi connectivity index (χ1n) is 13.8. The number of rotatable bonds is 17. The number of alkyl halides is 6. The van der Waals surface area contributed by atoms with Gasteiger partial charge in [0.25, 0.3) is 5.60 Å². The van der Waals surface area contributed by atoms with E-state index in [1.165, 1.54) is 0 Å². The summed E-state index contributed by atoms with van der Waals surface area (Å²) in [5.74, 6) is -0.360. The normalized spacial score (nSPS) is 27.3. The highest BCUT2D eigenvalue weighted by Gasteiger charge is 2.73. The largest absolute Gasteiger partial charge is 0.426 e. The first-order chi connectivity index (χ1) is 17.6.